The smallest absolute Gasteiger partial charge is 0.224 e. The molecule has 1 rings (SSSR count). The van der Waals surface area contributed by atoms with E-state index in [1.807, 2.05) is 5.32 Å². The molecule has 0 bridgehead atoms. The molecule has 1 N–H and O–H groups in total. The molecule has 1 aromatic carbocycles. The molecule has 3 heteroatoms. The number of benzene rings is 1. The number of halogens is 1. The maximum absolute atomic E-state index is 11.2. The van der Waals surface area contributed by atoms with Gasteiger partial charge < -0.3 is 5.32 Å². The lowest BCUT2D eigenvalue weighted by atomic mass is 10.1. The standard InChI is InChI=1S/C9H10ClNO/c1-11-9(12)6-7-3-2-4-8(10)5-7/h2-5H,6H2,1H3,(H,11,12)/i1D3. The van der Waals surface area contributed by atoms with Crippen molar-refractivity contribution in [3.05, 3.63) is 34.9 Å². The topological polar surface area (TPSA) is 29.1 Å². The molecule has 0 aliphatic carbocycles. The summed E-state index contributed by atoms with van der Waals surface area (Å²) in [5.74, 6) is -0.544. The third-order valence-electron chi connectivity index (χ3n) is 1.39. The molecule has 1 aromatic rings. The highest BCUT2D eigenvalue weighted by molar-refractivity contribution is 6.30. The first-order valence-electron chi connectivity index (χ1n) is 4.92. The Hall–Kier alpha value is -1.02. The van der Waals surface area contributed by atoms with E-state index in [9.17, 15) is 4.79 Å². The molecule has 0 aromatic heterocycles. The largest absolute Gasteiger partial charge is 0.359 e. The van der Waals surface area contributed by atoms with E-state index in [-0.39, 0.29) is 6.42 Å². The third-order valence-corrected chi connectivity index (χ3v) is 1.63. The van der Waals surface area contributed by atoms with Gasteiger partial charge in [0.2, 0.25) is 5.91 Å². The summed E-state index contributed by atoms with van der Waals surface area (Å²) >= 11 is 5.72. The van der Waals surface area contributed by atoms with Gasteiger partial charge in [-0.25, -0.2) is 0 Å². The normalized spacial score (nSPS) is 14.2. The lowest BCUT2D eigenvalue weighted by Gasteiger charge is -1.99. The Bertz CT molecular complexity index is 365. The molecule has 0 fully saturated rings. The molecule has 0 atom stereocenters. The Morgan fingerprint density at radius 1 is 1.75 bits per heavy atom. The predicted octanol–water partition coefficient (Wildman–Crippen LogP) is 1.63. The fourth-order valence-corrected chi connectivity index (χ4v) is 1.09. The van der Waals surface area contributed by atoms with Crippen molar-refractivity contribution in [3.8, 4) is 0 Å². The highest BCUT2D eigenvalue weighted by Crippen LogP contribution is 2.10. The molecule has 1 amide bonds. The van der Waals surface area contributed by atoms with Gasteiger partial charge in [-0.3, -0.25) is 4.79 Å². The van der Waals surface area contributed by atoms with Gasteiger partial charge in [0, 0.05) is 16.1 Å². The van der Waals surface area contributed by atoms with Gasteiger partial charge in [-0.05, 0) is 17.7 Å². The summed E-state index contributed by atoms with van der Waals surface area (Å²) in [6, 6.07) is 6.73. The van der Waals surface area contributed by atoms with E-state index in [2.05, 4.69) is 0 Å². The van der Waals surface area contributed by atoms with E-state index in [0.29, 0.717) is 10.6 Å². The monoisotopic (exact) mass is 186 g/mol. The quantitative estimate of drug-likeness (QED) is 0.748. The van der Waals surface area contributed by atoms with Crippen molar-refractivity contribution >= 4 is 17.5 Å². The molecule has 2 nitrogen and oxygen atoms in total. The maximum atomic E-state index is 11.2. The number of nitrogens with one attached hydrogen (secondary N) is 1. The molecular formula is C9H10ClNO. The van der Waals surface area contributed by atoms with Crippen LogP contribution in [-0.2, 0) is 11.2 Å². The molecule has 0 saturated carbocycles. The van der Waals surface area contributed by atoms with Crippen molar-refractivity contribution in [2.24, 2.45) is 0 Å². The molecule has 0 heterocycles. The summed E-state index contributed by atoms with van der Waals surface area (Å²) in [7, 11) is 0. The second-order valence-electron chi connectivity index (χ2n) is 2.35. The summed E-state index contributed by atoms with van der Waals surface area (Å²) in [5.41, 5.74) is 0.684. The minimum atomic E-state index is -2.43. The summed E-state index contributed by atoms with van der Waals surface area (Å²) in [6.07, 6.45) is 0.0128. The van der Waals surface area contributed by atoms with Crippen molar-refractivity contribution in [2.75, 3.05) is 6.98 Å². The SMILES string of the molecule is [2H]C([2H])([2H])NC(=O)Cc1cccc(Cl)c1. The van der Waals surface area contributed by atoms with Gasteiger partial charge in [0.25, 0.3) is 0 Å². The van der Waals surface area contributed by atoms with Crippen LogP contribution >= 0.6 is 11.6 Å². The predicted molar refractivity (Wildman–Crippen MR) is 49.2 cm³/mol. The van der Waals surface area contributed by atoms with Gasteiger partial charge in [-0.2, -0.15) is 0 Å². The van der Waals surface area contributed by atoms with Crippen LogP contribution in [0.2, 0.25) is 5.02 Å². The second kappa shape index (κ2) is 4.12. The van der Waals surface area contributed by atoms with Gasteiger partial charge >= 0.3 is 0 Å². The Kier molecular flexibility index (Phi) is 1.92. The van der Waals surface area contributed by atoms with E-state index in [1.165, 1.54) is 0 Å². The first-order chi connectivity index (χ1) is 6.87. The van der Waals surface area contributed by atoms with Gasteiger partial charge in [-0.1, -0.05) is 23.7 Å². The number of likely N-dealkylation sites (N-methyl/N-ethyl adjacent to an activating group) is 1. The lowest BCUT2D eigenvalue weighted by Crippen LogP contribution is -2.19. The number of carbonyl (C=O) groups excluding carboxylic acids is 1. The zero-order valence-electron chi connectivity index (χ0n) is 9.30. The maximum Gasteiger partial charge on any atom is 0.224 e. The molecule has 64 valence electrons. The van der Waals surface area contributed by atoms with Gasteiger partial charge in [-0.15, -0.1) is 0 Å². The van der Waals surface area contributed by atoms with Crippen molar-refractivity contribution in [3.63, 3.8) is 0 Å². The van der Waals surface area contributed by atoms with Crippen LogP contribution in [0, 0.1) is 0 Å². The molecular weight excluding hydrogens is 174 g/mol. The molecule has 12 heavy (non-hydrogen) atoms. The molecule has 0 aliphatic rings. The van der Waals surface area contributed by atoms with Crippen LogP contribution in [0.25, 0.3) is 0 Å². The molecule has 0 radical (unpaired) electrons. The van der Waals surface area contributed by atoms with Crippen LogP contribution in [0.3, 0.4) is 0 Å². The van der Waals surface area contributed by atoms with Gasteiger partial charge in [0.05, 0.1) is 6.42 Å². The van der Waals surface area contributed by atoms with E-state index >= 15 is 0 Å². The summed E-state index contributed by atoms with van der Waals surface area (Å²) in [6.45, 7) is -2.43. The zero-order chi connectivity index (χ0) is 11.5. The number of carbonyl (C=O) groups is 1. The van der Waals surface area contributed by atoms with Crippen LogP contribution in [-0.4, -0.2) is 12.9 Å². The fraction of sp³-hybridized carbons (Fsp3) is 0.222. The lowest BCUT2D eigenvalue weighted by molar-refractivity contribution is -0.119. The Balaban J connectivity index is 2.59. The van der Waals surface area contributed by atoms with E-state index in [4.69, 9.17) is 15.7 Å². The van der Waals surface area contributed by atoms with Crippen LogP contribution in [0.1, 0.15) is 9.68 Å². The molecule has 0 saturated heterocycles. The summed E-state index contributed by atoms with van der Waals surface area (Å²) in [4.78, 5) is 11.2. The third kappa shape index (κ3) is 2.55. The van der Waals surface area contributed by atoms with E-state index < -0.39 is 12.9 Å². The average molecular weight is 187 g/mol. The molecule has 0 spiro atoms. The minimum Gasteiger partial charge on any atom is -0.359 e. The van der Waals surface area contributed by atoms with Crippen LogP contribution in [0.15, 0.2) is 24.3 Å². The Labute approximate surface area is 80.8 Å². The number of hydrogen-bond acceptors (Lipinski definition) is 1. The van der Waals surface area contributed by atoms with Crippen LogP contribution in [0.5, 0.6) is 0 Å². The van der Waals surface area contributed by atoms with E-state index in [1.54, 1.807) is 24.3 Å². The summed E-state index contributed by atoms with van der Waals surface area (Å²) in [5, 5.41) is 2.43. The second-order valence-corrected chi connectivity index (χ2v) is 2.79. The summed E-state index contributed by atoms with van der Waals surface area (Å²) < 4.78 is 20.5. The van der Waals surface area contributed by atoms with Crippen LogP contribution in [0.4, 0.5) is 0 Å². The number of rotatable bonds is 2. The fourth-order valence-electron chi connectivity index (χ4n) is 0.877. The highest BCUT2D eigenvalue weighted by Gasteiger charge is 1.99. The number of hydrogen-bond donors (Lipinski definition) is 1. The average Bonchev–Trinajstić information content (AvgIpc) is 1.99. The zero-order valence-corrected chi connectivity index (χ0v) is 7.06. The van der Waals surface area contributed by atoms with Gasteiger partial charge in [0.1, 0.15) is 0 Å². The number of amides is 1. The first-order valence-corrected chi connectivity index (χ1v) is 3.80. The minimum absolute atomic E-state index is 0.0128. The van der Waals surface area contributed by atoms with Crippen LogP contribution < -0.4 is 5.32 Å². The van der Waals surface area contributed by atoms with Crippen molar-refractivity contribution in [1.29, 1.82) is 0 Å². The highest BCUT2D eigenvalue weighted by atomic mass is 35.5. The molecule has 0 unspecified atom stereocenters. The Morgan fingerprint density at radius 3 is 3.25 bits per heavy atom. The van der Waals surface area contributed by atoms with Crippen molar-refractivity contribution in [1.82, 2.24) is 5.32 Å². The van der Waals surface area contributed by atoms with E-state index in [0.717, 1.165) is 0 Å². The first kappa shape index (κ1) is 5.60. The van der Waals surface area contributed by atoms with Crippen molar-refractivity contribution in [2.45, 2.75) is 6.42 Å². The Morgan fingerprint density at radius 2 is 2.58 bits per heavy atom. The van der Waals surface area contributed by atoms with Crippen molar-refractivity contribution < 1.29 is 8.91 Å². The van der Waals surface area contributed by atoms with Gasteiger partial charge in [0.15, 0.2) is 0 Å². The molecule has 0 aliphatic heterocycles.